The Balaban J connectivity index is 1.83. The van der Waals surface area contributed by atoms with Crippen molar-refractivity contribution in [2.45, 2.75) is 27.2 Å². The molecule has 1 aromatic rings. The second-order valence-electron chi connectivity index (χ2n) is 6.32. The van der Waals surface area contributed by atoms with Crippen molar-refractivity contribution in [1.29, 1.82) is 0 Å². The van der Waals surface area contributed by atoms with Gasteiger partial charge in [-0.3, -0.25) is 0 Å². The molecule has 1 saturated heterocycles. The zero-order valence-corrected chi connectivity index (χ0v) is 15.3. The lowest BCUT2D eigenvalue weighted by molar-refractivity contribution is 0.194. The largest absolute Gasteiger partial charge is 0.368 e. The number of carbonyl (C=O) groups excluding carboxylic acids is 1. The Bertz CT molecular complexity index is 511. The number of carbonyl (C=O) groups is 1. The van der Waals surface area contributed by atoms with E-state index >= 15 is 0 Å². The normalized spacial score (nSPS) is 15.3. The van der Waals surface area contributed by atoms with Gasteiger partial charge in [-0.2, -0.15) is 0 Å². The molecule has 0 unspecified atom stereocenters. The minimum Gasteiger partial charge on any atom is -0.368 e. The highest BCUT2D eigenvalue weighted by atomic mass is 79.9. The van der Waals surface area contributed by atoms with Crippen LogP contribution >= 0.6 is 15.9 Å². The number of benzene rings is 1. The second-order valence-corrected chi connectivity index (χ2v) is 7.24. The van der Waals surface area contributed by atoms with Gasteiger partial charge in [-0.25, -0.2) is 4.79 Å². The fourth-order valence-corrected chi connectivity index (χ4v) is 3.18. The van der Waals surface area contributed by atoms with Gasteiger partial charge in [0.05, 0.1) is 0 Å². The third kappa shape index (κ3) is 4.63. The van der Waals surface area contributed by atoms with E-state index in [-0.39, 0.29) is 6.03 Å². The molecular weight excluding hydrogens is 342 g/mol. The van der Waals surface area contributed by atoms with Crippen LogP contribution in [0.3, 0.4) is 0 Å². The minimum absolute atomic E-state index is 0.0767. The Kier molecular flexibility index (Phi) is 6.12. The van der Waals surface area contributed by atoms with Crippen LogP contribution < -0.4 is 10.2 Å². The number of nitrogens with zero attached hydrogens (tertiary/aromatic N) is 2. The molecule has 0 spiro atoms. The Hall–Kier alpha value is -1.23. The average molecular weight is 368 g/mol. The third-order valence-corrected chi connectivity index (χ3v) is 4.56. The number of halogens is 1. The van der Waals surface area contributed by atoms with Gasteiger partial charge in [0.1, 0.15) is 0 Å². The van der Waals surface area contributed by atoms with E-state index < -0.39 is 0 Å². The molecule has 22 heavy (non-hydrogen) atoms. The molecule has 0 atom stereocenters. The lowest BCUT2D eigenvalue weighted by Crippen LogP contribution is -2.52. The predicted molar refractivity (Wildman–Crippen MR) is 95.5 cm³/mol. The highest BCUT2D eigenvalue weighted by Crippen LogP contribution is 2.24. The molecule has 0 aliphatic carbocycles. The lowest BCUT2D eigenvalue weighted by Gasteiger charge is -2.36. The summed E-state index contributed by atoms with van der Waals surface area (Å²) in [6.07, 6.45) is 1.03. The first-order valence-electron chi connectivity index (χ1n) is 8.01. The Morgan fingerprint density at radius 2 is 1.95 bits per heavy atom. The molecule has 0 radical (unpaired) electrons. The summed E-state index contributed by atoms with van der Waals surface area (Å²) in [5, 5.41) is 3.02. The fraction of sp³-hybridized carbons (Fsp3) is 0.588. The highest BCUT2D eigenvalue weighted by Gasteiger charge is 2.21. The molecule has 1 N–H and O–H groups in total. The number of piperazine rings is 1. The molecular formula is C17H26BrN3O. The first kappa shape index (κ1) is 17.1. The van der Waals surface area contributed by atoms with Crippen LogP contribution in [0.5, 0.6) is 0 Å². The maximum atomic E-state index is 12.1. The van der Waals surface area contributed by atoms with Crippen LogP contribution in [-0.2, 0) is 0 Å². The minimum atomic E-state index is 0.0767. The van der Waals surface area contributed by atoms with Crippen molar-refractivity contribution in [1.82, 2.24) is 10.2 Å². The zero-order valence-electron chi connectivity index (χ0n) is 13.7. The summed E-state index contributed by atoms with van der Waals surface area (Å²) in [4.78, 5) is 16.4. The predicted octanol–water partition coefficient (Wildman–Crippen LogP) is 3.64. The van der Waals surface area contributed by atoms with Gasteiger partial charge in [0.15, 0.2) is 0 Å². The first-order valence-corrected chi connectivity index (χ1v) is 8.80. The SMILES string of the molecule is Cc1cc(Br)ccc1N1CCN(C(=O)NCCC(C)C)CC1. The number of nitrogens with one attached hydrogen (secondary N) is 1. The van der Waals surface area contributed by atoms with Gasteiger partial charge in [0, 0.05) is 42.9 Å². The summed E-state index contributed by atoms with van der Waals surface area (Å²) in [6, 6.07) is 6.44. The number of hydrogen-bond acceptors (Lipinski definition) is 2. The number of aryl methyl sites for hydroxylation is 1. The molecule has 2 rings (SSSR count). The van der Waals surface area contributed by atoms with Crippen molar-refractivity contribution >= 4 is 27.6 Å². The van der Waals surface area contributed by atoms with Crippen molar-refractivity contribution in [3.05, 3.63) is 28.2 Å². The van der Waals surface area contributed by atoms with Crippen LogP contribution in [0.4, 0.5) is 10.5 Å². The molecule has 122 valence electrons. The van der Waals surface area contributed by atoms with Crippen molar-refractivity contribution in [3.8, 4) is 0 Å². The van der Waals surface area contributed by atoms with E-state index in [2.05, 4.69) is 65.1 Å². The van der Waals surface area contributed by atoms with Crippen LogP contribution in [0, 0.1) is 12.8 Å². The van der Waals surface area contributed by atoms with Gasteiger partial charge in [0.2, 0.25) is 0 Å². The quantitative estimate of drug-likeness (QED) is 0.881. The fourth-order valence-electron chi connectivity index (χ4n) is 2.70. The molecule has 1 aromatic carbocycles. The summed E-state index contributed by atoms with van der Waals surface area (Å²) >= 11 is 3.50. The van der Waals surface area contributed by atoms with Gasteiger partial charge in [-0.15, -0.1) is 0 Å². The molecule has 1 heterocycles. The van der Waals surface area contributed by atoms with Gasteiger partial charge in [0.25, 0.3) is 0 Å². The molecule has 2 amide bonds. The van der Waals surface area contributed by atoms with Crippen molar-refractivity contribution < 1.29 is 4.79 Å². The summed E-state index contributed by atoms with van der Waals surface area (Å²) in [7, 11) is 0. The number of urea groups is 1. The van der Waals surface area contributed by atoms with Gasteiger partial charge in [-0.1, -0.05) is 29.8 Å². The van der Waals surface area contributed by atoms with Crippen LogP contribution in [0.1, 0.15) is 25.8 Å². The van der Waals surface area contributed by atoms with E-state index in [9.17, 15) is 4.79 Å². The molecule has 0 aromatic heterocycles. The summed E-state index contributed by atoms with van der Waals surface area (Å²) < 4.78 is 1.11. The van der Waals surface area contributed by atoms with Gasteiger partial charge >= 0.3 is 6.03 Å². The maximum Gasteiger partial charge on any atom is 0.317 e. The first-order chi connectivity index (χ1) is 10.5. The average Bonchev–Trinajstić information content (AvgIpc) is 2.47. The topological polar surface area (TPSA) is 35.6 Å². The number of amides is 2. The second kappa shape index (κ2) is 7.86. The Morgan fingerprint density at radius 3 is 2.55 bits per heavy atom. The van der Waals surface area contributed by atoms with E-state index in [1.165, 1.54) is 11.3 Å². The molecule has 1 aliphatic rings. The monoisotopic (exact) mass is 367 g/mol. The summed E-state index contributed by atoms with van der Waals surface area (Å²) in [5.74, 6) is 0.623. The van der Waals surface area contributed by atoms with Gasteiger partial charge in [-0.05, 0) is 43.0 Å². The van der Waals surface area contributed by atoms with E-state index in [4.69, 9.17) is 0 Å². The van der Waals surface area contributed by atoms with Crippen LogP contribution in [0.25, 0.3) is 0 Å². The molecule has 1 aliphatic heterocycles. The third-order valence-electron chi connectivity index (χ3n) is 4.06. The van der Waals surface area contributed by atoms with E-state index in [1.54, 1.807) is 0 Å². The van der Waals surface area contributed by atoms with Crippen LogP contribution in [0.15, 0.2) is 22.7 Å². The molecule has 5 heteroatoms. The maximum absolute atomic E-state index is 12.1. The van der Waals surface area contributed by atoms with Gasteiger partial charge < -0.3 is 15.1 Å². The summed E-state index contributed by atoms with van der Waals surface area (Å²) in [5.41, 5.74) is 2.53. The van der Waals surface area contributed by atoms with E-state index in [0.717, 1.165) is 43.6 Å². The smallest absolute Gasteiger partial charge is 0.317 e. The summed E-state index contributed by atoms with van der Waals surface area (Å²) in [6.45, 7) is 10.6. The number of hydrogen-bond donors (Lipinski definition) is 1. The van der Waals surface area contributed by atoms with Crippen LogP contribution in [-0.4, -0.2) is 43.7 Å². The molecule has 0 saturated carbocycles. The van der Waals surface area contributed by atoms with E-state index in [0.29, 0.717) is 5.92 Å². The standard InChI is InChI=1S/C17H26BrN3O/c1-13(2)6-7-19-17(22)21-10-8-20(9-11-21)16-5-4-15(18)12-14(16)3/h4-5,12-13H,6-11H2,1-3H3,(H,19,22). The highest BCUT2D eigenvalue weighted by molar-refractivity contribution is 9.10. The number of rotatable bonds is 4. The van der Waals surface area contributed by atoms with Crippen molar-refractivity contribution in [2.24, 2.45) is 5.92 Å². The van der Waals surface area contributed by atoms with E-state index in [1.807, 2.05) is 4.90 Å². The molecule has 0 bridgehead atoms. The van der Waals surface area contributed by atoms with Crippen molar-refractivity contribution in [3.63, 3.8) is 0 Å². The lowest BCUT2D eigenvalue weighted by atomic mass is 10.1. The molecule has 1 fully saturated rings. The number of anilines is 1. The molecule has 4 nitrogen and oxygen atoms in total. The zero-order chi connectivity index (χ0) is 16.1. The van der Waals surface area contributed by atoms with Crippen LogP contribution in [0.2, 0.25) is 0 Å². The van der Waals surface area contributed by atoms with Crippen molar-refractivity contribution in [2.75, 3.05) is 37.6 Å². The Morgan fingerprint density at radius 1 is 1.27 bits per heavy atom. The Labute approximate surface area is 142 Å².